The molecular formula is C9H6O3. The van der Waals surface area contributed by atoms with Crippen LogP contribution in [0, 0.1) is 0 Å². The molecule has 0 saturated heterocycles. The van der Waals surface area contributed by atoms with E-state index in [0.29, 0.717) is 11.9 Å². The van der Waals surface area contributed by atoms with Gasteiger partial charge in [0, 0.05) is 5.39 Å². The van der Waals surface area contributed by atoms with Crippen molar-refractivity contribution in [2.45, 2.75) is 0 Å². The zero-order chi connectivity index (χ0) is 8.55. The second-order valence-electron chi connectivity index (χ2n) is 2.46. The topological polar surface area (TPSA) is 50.4 Å². The number of phenolic OH excluding ortho intramolecular Hbond substituents is 1. The Labute approximate surface area is 68.2 Å². The Bertz CT molecular complexity index is 428. The van der Waals surface area contributed by atoms with Crippen molar-refractivity contribution in [1.82, 2.24) is 0 Å². The van der Waals surface area contributed by atoms with Gasteiger partial charge < -0.3 is 9.52 Å². The molecule has 0 aliphatic heterocycles. The first-order valence-electron chi connectivity index (χ1n) is 3.47. The molecule has 0 spiro atoms. The highest BCUT2D eigenvalue weighted by atomic mass is 16.3. The summed E-state index contributed by atoms with van der Waals surface area (Å²) in [4.78, 5) is 10.4. The van der Waals surface area contributed by atoms with E-state index in [1.54, 1.807) is 18.2 Å². The molecule has 0 amide bonds. The van der Waals surface area contributed by atoms with Gasteiger partial charge in [-0.1, -0.05) is 6.07 Å². The SMILES string of the molecule is O=Cc1ccc2ccoc2c1O. The van der Waals surface area contributed by atoms with Crippen LogP contribution in [0.3, 0.4) is 0 Å². The van der Waals surface area contributed by atoms with Crippen molar-refractivity contribution in [3.05, 3.63) is 30.0 Å². The minimum Gasteiger partial charge on any atom is -0.504 e. The summed E-state index contributed by atoms with van der Waals surface area (Å²) in [7, 11) is 0. The van der Waals surface area contributed by atoms with Crippen LogP contribution in [0.15, 0.2) is 28.9 Å². The Balaban J connectivity index is 2.86. The number of benzene rings is 1. The molecule has 3 heteroatoms. The number of phenols is 1. The first-order chi connectivity index (χ1) is 5.83. The lowest BCUT2D eigenvalue weighted by Crippen LogP contribution is -1.79. The second kappa shape index (κ2) is 2.37. The van der Waals surface area contributed by atoms with Gasteiger partial charge in [-0.15, -0.1) is 0 Å². The number of hydrogen-bond donors (Lipinski definition) is 1. The number of furan rings is 1. The highest BCUT2D eigenvalue weighted by molar-refractivity contribution is 5.92. The second-order valence-corrected chi connectivity index (χ2v) is 2.46. The van der Waals surface area contributed by atoms with E-state index in [-0.39, 0.29) is 11.3 Å². The molecule has 2 rings (SSSR count). The highest BCUT2D eigenvalue weighted by Crippen LogP contribution is 2.27. The monoisotopic (exact) mass is 162 g/mol. The third-order valence-corrected chi connectivity index (χ3v) is 1.75. The van der Waals surface area contributed by atoms with Gasteiger partial charge in [0.1, 0.15) is 0 Å². The van der Waals surface area contributed by atoms with Gasteiger partial charge in [0.25, 0.3) is 0 Å². The lowest BCUT2D eigenvalue weighted by atomic mass is 10.1. The number of rotatable bonds is 1. The number of carbonyl (C=O) groups excluding carboxylic acids is 1. The Morgan fingerprint density at radius 1 is 1.33 bits per heavy atom. The minimum atomic E-state index is -0.0903. The lowest BCUT2D eigenvalue weighted by Gasteiger charge is -1.95. The van der Waals surface area contributed by atoms with E-state index in [1.807, 2.05) is 0 Å². The molecule has 0 aliphatic rings. The molecule has 3 nitrogen and oxygen atoms in total. The average Bonchev–Trinajstić information content (AvgIpc) is 2.53. The molecular weight excluding hydrogens is 156 g/mol. The van der Waals surface area contributed by atoms with E-state index in [0.717, 1.165) is 5.39 Å². The molecule has 1 N–H and O–H groups in total. The first-order valence-corrected chi connectivity index (χ1v) is 3.47. The summed E-state index contributed by atoms with van der Waals surface area (Å²) in [6.07, 6.45) is 2.07. The summed E-state index contributed by atoms with van der Waals surface area (Å²) < 4.78 is 4.98. The Hall–Kier alpha value is -1.77. The molecule has 0 atom stereocenters. The number of aldehydes is 1. The van der Waals surface area contributed by atoms with Crippen molar-refractivity contribution in [2.75, 3.05) is 0 Å². The van der Waals surface area contributed by atoms with Crippen LogP contribution in [-0.2, 0) is 0 Å². The van der Waals surface area contributed by atoms with Crippen molar-refractivity contribution >= 4 is 17.3 Å². The van der Waals surface area contributed by atoms with Crippen LogP contribution in [0.4, 0.5) is 0 Å². The van der Waals surface area contributed by atoms with Gasteiger partial charge in [-0.05, 0) is 12.1 Å². The zero-order valence-corrected chi connectivity index (χ0v) is 6.15. The fourth-order valence-electron chi connectivity index (χ4n) is 1.13. The van der Waals surface area contributed by atoms with Gasteiger partial charge >= 0.3 is 0 Å². The van der Waals surface area contributed by atoms with E-state index in [9.17, 15) is 9.90 Å². The number of fused-ring (bicyclic) bond motifs is 1. The summed E-state index contributed by atoms with van der Waals surface area (Å²) in [6, 6.07) is 5.01. The third-order valence-electron chi connectivity index (χ3n) is 1.75. The van der Waals surface area contributed by atoms with E-state index in [2.05, 4.69) is 0 Å². The van der Waals surface area contributed by atoms with Crippen LogP contribution in [0.5, 0.6) is 5.75 Å². The molecule has 0 unspecified atom stereocenters. The summed E-state index contributed by atoms with van der Waals surface area (Å²) in [5.41, 5.74) is 0.608. The summed E-state index contributed by atoms with van der Waals surface area (Å²) in [5, 5.41) is 10.2. The van der Waals surface area contributed by atoms with Crippen molar-refractivity contribution in [3.8, 4) is 5.75 Å². The van der Waals surface area contributed by atoms with Crippen molar-refractivity contribution in [1.29, 1.82) is 0 Å². The molecule has 0 fully saturated rings. The molecule has 1 aromatic carbocycles. The highest BCUT2D eigenvalue weighted by Gasteiger charge is 2.07. The molecule has 2 aromatic rings. The largest absolute Gasteiger partial charge is 0.504 e. The van der Waals surface area contributed by atoms with E-state index < -0.39 is 0 Å². The van der Waals surface area contributed by atoms with Gasteiger partial charge in [0.15, 0.2) is 17.6 Å². The van der Waals surface area contributed by atoms with E-state index >= 15 is 0 Å². The van der Waals surface area contributed by atoms with Crippen LogP contribution in [-0.4, -0.2) is 11.4 Å². The predicted octanol–water partition coefficient (Wildman–Crippen LogP) is 1.95. The van der Waals surface area contributed by atoms with Crippen molar-refractivity contribution in [3.63, 3.8) is 0 Å². The van der Waals surface area contributed by atoms with Gasteiger partial charge in [-0.25, -0.2) is 0 Å². The van der Waals surface area contributed by atoms with Crippen LogP contribution < -0.4 is 0 Å². The first kappa shape index (κ1) is 6.91. The van der Waals surface area contributed by atoms with Crippen molar-refractivity contribution < 1.29 is 14.3 Å². The normalized spacial score (nSPS) is 10.3. The summed E-state index contributed by atoms with van der Waals surface area (Å²) in [6.45, 7) is 0. The fraction of sp³-hybridized carbons (Fsp3) is 0. The maximum atomic E-state index is 10.4. The number of carbonyl (C=O) groups is 1. The molecule has 12 heavy (non-hydrogen) atoms. The van der Waals surface area contributed by atoms with Gasteiger partial charge in [0.05, 0.1) is 11.8 Å². The Kier molecular flexibility index (Phi) is 1.37. The van der Waals surface area contributed by atoms with Crippen LogP contribution in [0.2, 0.25) is 0 Å². The van der Waals surface area contributed by atoms with Crippen LogP contribution in [0.1, 0.15) is 10.4 Å². The third kappa shape index (κ3) is 0.797. The molecule has 0 saturated carbocycles. The van der Waals surface area contributed by atoms with Gasteiger partial charge in [-0.3, -0.25) is 4.79 Å². The lowest BCUT2D eigenvalue weighted by molar-refractivity contribution is 0.112. The molecule has 0 bridgehead atoms. The fourth-order valence-corrected chi connectivity index (χ4v) is 1.13. The maximum Gasteiger partial charge on any atom is 0.176 e. The number of aromatic hydroxyl groups is 1. The molecule has 0 radical (unpaired) electrons. The summed E-state index contributed by atoms with van der Waals surface area (Å²) >= 11 is 0. The predicted molar refractivity (Wildman–Crippen MR) is 43.3 cm³/mol. The Morgan fingerprint density at radius 2 is 2.17 bits per heavy atom. The minimum absolute atomic E-state index is 0.0903. The van der Waals surface area contributed by atoms with Gasteiger partial charge in [0.2, 0.25) is 0 Å². The van der Waals surface area contributed by atoms with Crippen molar-refractivity contribution in [2.24, 2.45) is 0 Å². The molecule has 1 aromatic heterocycles. The molecule has 0 aliphatic carbocycles. The van der Waals surface area contributed by atoms with Crippen LogP contribution >= 0.6 is 0 Å². The number of hydrogen-bond acceptors (Lipinski definition) is 3. The standard InChI is InChI=1S/C9H6O3/c10-5-7-2-1-6-3-4-12-9(6)8(7)11/h1-5,11H. The Morgan fingerprint density at radius 3 is 2.92 bits per heavy atom. The van der Waals surface area contributed by atoms with E-state index in [1.165, 1.54) is 6.26 Å². The quantitative estimate of drug-likeness (QED) is 0.652. The van der Waals surface area contributed by atoms with Crippen LogP contribution in [0.25, 0.3) is 11.0 Å². The molecule has 1 heterocycles. The zero-order valence-electron chi connectivity index (χ0n) is 6.15. The molecule has 60 valence electrons. The smallest absolute Gasteiger partial charge is 0.176 e. The summed E-state index contributed by atoms with van der Waals surface area (Å²) in [5.74, 6) is -0.0903. The van der Waals surface area contributed by atoms with E-state index in [4.69, 9.17) is 4.42 Å². The maximum absolute atomic E-state index is 10.4. The van der Waals surface area contributed by atoms with Gasteiger partial charge in [-0.2, -0.15) is 0 Å². The average molecular weight is 162 g/mol.